The quantitative estimate of drug-likeness (QED) is 0.377. The van der Waals surface area contributed by atoms with E-state index in [1.807, 2.05) is 23.2 Å². The van der Waals surface area contributed by atoms with Gasteiger partial charge < -0.3 is 9.36 Å². The highest BCUT2D eigenvalue weighted by atomic mass is 16.1. The molecule has 0 aliphatic rings. The van der Waals surface area contributed by atoms with E-state index < -0.39 is 0 Å². The summed E-state index contributed by atoms with van der Waals surface area (Å²) in [4.78, 5) is 13.6. The first-order valence-corrected chi connectivity index (χ1v) is 11.5. The molecule has 3 aromatic rings. The van der Waals surface area contributed by atoms with Crippen LogP contribution >= 0.6 is 0 Å². The highest BCUT2D eigenvalue weighted by Crippen LogP contribution is 2.36. The first kappa shape index (κ1) is 25.1. The molecule has 1 atom stereocenters. The lowest BCUT2D eigenvalue weighted by Crippen LogP contribution is -2.04. The Labute approximate surface area is 192 Å². The summed E-state index contributed by atoms with van der Waals surface area (Å²) in [7, 11) is 0. The van der Waals surface area contributed by atoms with Crippen molar-refractivity contribution in [3.63, 3.8) is 0 Å². The van der Waals surface area contributed by atoms with Gasteiger partial charge in [-0.3, -0.25) is 0 Å². The van der Waals surface area contributed by atoms with Gasteiger partial charge in [0, 0.05) is 18.1 Å². The van der Waals surface area contributed by atoms with Gasteiger partial charge >= 0.3 is 0 Å². The van der Waals surface area contributed by atoms with Gasteiger partial charge in [-0.25, -0.2) is 4.98 Å². The molecule has 4 nitrogen and oxygen atoms in total. The molecule has 0 saturated heterocycles. The third-order valence-electron chi connectivity index (χ3n) is 5.33. The van der Waals surface area contributed by atoms with E-state index in [0.29, 0.717) is 11.8 Å². The maximum Gasteiger partial charge on any atom is 0.126 e. The summed E-state index contributed by atoms with van der Waals surface area (Å²) in [5.74, 6) is 1.35. The second kappa shape index (κ2) is 12.6. The van der Waals surface area contributed by atoms with Crippen molar-refractivity contribution in [3.05, 3.63) is 72.3 Å². The van der Waals surface area contributed by atoms with Crippen LogP contribution in [0.15, 0.2) is 61.2 Å². The fourth-order valence-corrected chi connectivity index (χ4v) is 3.80. The summed E-state index contributed by atoms with van der Waals surface area (Å²) in [6, 6.07) is 17.1. The molecule has 4 heteroatoms. The van der Waals surface area contributed by atoms with E-state index in [1.165, 1.54) is 43.4 Å². The number of benzene rings is 2. The molecule has 168 valence electrons. The molecule has 1 heterocycles. The van der Waals surface area contributed by atoms with Gasteiger partial charge in [-0.1, -0.05) is 51.8 Å². The lowest BCUT2D eigenvalue weighted by atomic mass is 9.83. The van der Waals surface area contributed by atoms with E-state index in [-0.39, 0.29) is 5.78 Å². The Morgan fingerprint density at radius 3 is 2.28 bits per heavy atom. The molecule has 2 aromatic carbocycles. The van der Waals surface area contributed by atoms with Gasteiger partial charge in [0.1, 0.15) is 5.78 Å². The maximum atomic E-state index is 9.44. The summed E-state index contributed by atoms with van der Waals surface area (Å²) >= 11 is 0. The van der Waals surface area contributed by atoms with Gasteiger partial charge in [0.15, 0.2) is 0 Å². The first-order valence-electron chi connectivity index (χ1n) is 11.5. The van der Waals surface area contributed by atoms with Gasteiger partial charge in [-0.2, -0.15) is 5.26 Å². The zero-order chi connectivity index (χ0) is 23.5. The van der Waals surface area contributed by atoms with Gasteiger partial charge in [0.05, 0.1) is 18.0 Å². The fourth-order valence-electron chi connectivity index (χ4n) is 3.80. The molecule has 0 bridgehead atoms. The Morgan fingerprint density at radius 2 is 1.75 bits per heavy atom. The first-order chi connectivity index (χ1) is 15.3. The van der Waals surface area contributed by atoms with E-state index in [9.17, 15) is 10.1 Å². The highest BCUT2D eigenvalue weighted by molar-refractivity contribution is 5.72. The van der Waals surface area contributed by atoms with Crippen LogP contribution in [0, 0.1) is 17.2 Å². The highest BCUT2D eigenvalue weighted by Gasteiger charge is 2.17. The van der Waals surface area contributed by atoms with Crippen LogP contribution in [0.4, 0.5) is 0 Å². The van der Waals surface area contributed by atoms with Gasteiger partial charge in [-0.15, -0.1) is 0 Å². The molecule has 1 unspecified atom stereocenters. The second-order valence-electron chi connectivity index (χ2n) is 8.80. The number of Topliss-reactive ketones (excluding diaryl/α,β-unsaturated/α-hetero) is 1. The van der Waals surface area contributed by atoms with Crippen LogP contribution in [0.5, 0.6) is 0 Å². The van der Waals surface area contributed by atoms with Crippen molar-refractivity contribution in [3.8, 4) is 22.9 Å². The number of nitrogens with zero attached hydrogens (tertiary/aromatic N) is 3. The molecular weight excluding hydrogens is 394 g/mol. The van der Waals surface area contributed by atoms with Crippen LogP contribution in [0.3, 0.4) is 0 Å². The van der Waals surface area contributed by atoms with E-state index in [1.54, 1.807) is 6.20 Å². The summed E-state index contributed by atoms with van der Waals surface area (Å²) in [5, 5.41) is 9.44. The number of rotatable bonds is 8. The minimum atomic E-state index is 0.167. The fraction of sp³-hybridized carbons (Fsp3) is 0.393. The van der Waals surface area contributed by atoms with Crippen molar-refractivity contribution in [2.24, 2.45) is 5.92 Å². The zero-order valence-corrected chi connectivity index (χ0v) is 20.0. The van der Waals surface area contributed by atoms with Gasteiger partial charge in [0.2, 0.25) is 0 Å². The topological polar surface area (TPSA) is 58.7 Å². The lowest BCUT2D eigenvalue weighted by Gasteiger charge is -2.22. The Balaban J connectivity index is 0.000000837. The summed E-state index contributed by atoms with van der Waals surface area (Å²) in [5.41, 5.74) is 5.62. The molecule has 0 fully saturated rings. The normalized spacial score (nSPS) is 11.4. The maximum absolute atomic E-state index is 9.44. The SMILES string of the molecule is CC(C)=O.CCCC(CCC(C)C)c1cc(C#N)ccc1-c1ccc(-n2ccnc2)cc1. The zero-order valence-electron chi connectivity index (χ0n) is 20.0. The third kappa shape index (κ3) is 7.50. The number of aromatic nitrogens is 2. The molecule has 0 N–H and O–H groups in total. The summed E-state index contributed by atoms with van der Waals surface area (Å²) in [6.45, 7) is 9.87. The van der Waals surface area contributed by atoms with Crippen molar-refractivity contribution in [2.45, 2.75) is 66.2 Å². The standard InChI is InChI=1S/C25H29N3.C3H6O/c1-4-5-21(8-6-19(2)3)25-16-20(17-26)7-13-24(25)22-9-11-23(12-10-22)28-15-14-27-18-28;1-3(2)4/h7,9-16,18-19,21H,4-6,8H2,1-3H3;1-2H3. The van der Waals surface area contributed by atoms with Crippen LogP contribution in [-0.2, 0) is 4.79 Å². The Bertz CT molecular complexity index is 1010. The van der Waals surface area contributed by atoms with E-state index >= 15 is 0 Å². The molecule has 0 radical (unpaired) electrons. The largest absolute Gasteiger partial charge is 0.306 e. The number of hydrogen-bond donors (Lipinski definition) is 0. The average molecular weight is 430 g/mol. The van der Waals surface area contributed by atoms with Crippen LogP contribution < -0.4 is 0 Å². The number of hydrogen-bond acceptors (Lipinski definition) is 3. The number of nitriles is 1. The van der Waals surface area contributed by atoms with E-state index in [4.69, 9.17) is 0 Å². The van der Waals surface area contributed by atoms with Crippen molar-refractivity contribution in [2.75, 3.05) is 0 Å². The Kier molecular flexibility index (Phi) is 9.88. The van der Waals surface area contributed by atoms with Crippen LogP contribution in [0.2, 0.25) is 0 Å². The van der Waals surface area contributed by atoms with Crippen molar-refractivity contribution >= 4 is 5.78 Å². The predicted molar refractivity (Wildman–Crippen MR) is 132 cm³/mol. The molecular formula is C28H35N3O. The molecule has 3 rings (SSSR count). The van der Waals surface area contributed by atoms with E-state index in [2.05, 4.69) is 68.2 Å². The molecule has 32 heavy (non-hydrogen) atoms. The predicted octanol–water partition coefficient (Wildman–Crippen LogP) is 7.33. The smallest absolute Gasteiger partial charge is 0.126 e. The number of carbonyl (C=O) groups excluding carboxylic acids is 1. The number of carbonyl (C=O) groups is 1. The van der Waals surface area contributed by atoms with Crippen LogP contribution in [0.1, 0.15) is 77.3 Å². The number of ketones is 1. The van der Waals surface area contributed by atoms with Crippen molar-refractivity contribution < 1.29 is 4.79 Å². The molecule has 0 aliphatic heterocycles. The average Bonchev–Trinajstić information content (AvgIpc) is 3.31. The van der Waals surface area contributed by atoms with Gasteiger partial charge in [-0.05, 0) is 79.5 Å². The monoisotopic (exact) mass is 429 g/mol. The number of imidazole rings is 1. The van der Waals surface area contributed by atoms with E-state index in [0.717, 1.165) is 24.1 Å². The van der Waals surface area contributed by atoms with Crippen molar-refractivity contribution in [1.29, 1.82) is 5.26 Å². The Morgan fingerprint density at radius 1 is 1.06 bits per heavy atom. The van der Waals surface area contributed by atoms with Gasteiger partial charge in [0.25, 0.3) is 0 Å². The van der Waals surface area contributed by atoms with Crippen LogP contribution in [-0.4, -0.2) is 15.3 Å². The molecule has 0 aliphatic carbocycles. The van der Waals surface area contributed by atoms with Crippen LogP contribution in [0.25, 0.3) is 16.8 Å². The molecule has 0 saturated carbocycles. The summed E-state index contributed by atoms with van der Waals surface area (Å²) < 4.78 is 2.01. The molecule has 0 amide bonds. The van der Waals surface area contributed by atoms with Crippen molar-refractivity contribution in [1.82, 2.24) is 9.55 Å². The third-order valence-corrected chi connectivity index (χ3v) is 5.33. The molecule has 0 spiro atoms. The second-order valence-corrected chi connectivity index (χ2v) is 8.80. The lowest BCUT2D eigenvalue weighted by molar-refractivity contribution is -0.114. The molecule has 1 aromatic heterocycles. The minimum absolute atomic E-state index is 0.167. The minimum Gasteiger partial charge on any atom is -0.306 e. The summed E-state index contributed by atoms with van der Waals surface area (Å²) in [6.07, 6.45) is 10.2. The Hall–Kier alpha value is -3.19.